The molecular formula is C8H8BrCl. The Balaban J connectivity index is 3.03. The highest BCUT2D eigenvalue weighted by Gasteiger charge is 2.02. The molecule has 1 aromatic rings. The van der Waals surface area contributed by atoms with Gasteiger partial charge in [-0.15, -0.1) is 0 Å². The Morgan fingerprint density at radius 2 is 2.00 bits per heavy atom. The lowest BCUT2D eigenvalue weighted by atomic mass is 10.2. The predicted molar refractivity (Wildman–Crippen MR) is 48.8 cm³/mol. The molecule has 0 radical (unpaired) electrons. The number of benzene rings is 1. The molecule has 0 saturated heterocycles. The van der Waals surface area contributed by atoms with E-state index in [9.17, 15) is 0 Å². The maximum absolute atomic E-state index is 5.89. The Labute approximate surface area is 74.3 Å². The van der Waals surface area contributed by atoms with Gasteiger partial charge in [-0.2, -0.15) is 0 Å². The van der Waals surface area contributed by atoms with Crippen LogP contribution in [0.2, 0.25) is 5.02 Å². The van der Waals surface area contributed by atoms with Crippen LogP contribution in [-0.2, 0) is 0 Å². The molecule has 1 rings (SSSR count). The first-order valence-electron chi connectivity index (χ1n) is 3.10. The van der Waals surface area contributed by atoms with Crippen LogP contribution in [0.5, 0.6) is 0 Å². The standard InChI is InChI=1S/C8H8BrCl/c1-6(9)7-4-2-3-5-8(7)10/h2-6H,1H3. The minimum absolute atomic E-state index is 0.334. The van der Waals surface area contributed by atoms with Crippen molar-refractivity contribution in [3.05, 3.63) is 34.9 Å². The van der Waals surface area contributed by atoms with Crippen molar-refractivity contribution in [2.75, 3.05) is 0 Å². The zero-order chi connectivity index (χ0) is 7.56. The molecule has 1 aromatic carbocycles. The largest absolute Gasteiger partial charge is 0.0841 e. The smallest absolute Gasteiger partial charge is 0.0449 e. The van der Waals surface area contributed by atoms with E-state index in [1.165, 1.54) is 0 Å². The summed E-state index contributed by atoms with van der Waals surface area (Å²) in [7, 11) is 0. The van der Waals surface area contributed by atoms with Crippen molar-refractivity contribution in [1.29, 1.82) is 0 Å². The van der Waals surface area contributed by atoms with Crippen molar-refractivity contribution in [2.24, 2.45) is 0 Å². The van der Waals surface area contributed by atoms with Crippen LogP contribution in [0.25, 0.3) is 0 Å². The van der Waals surface area contributed by atoms with Crippen molar-refractivity contribution in [3.63, 3.8) is 0 Å². The normalized spacial score (nSPS) is 13.1. The molecule has 0 bridgehead atoms. The van der Waals surface area contributed by atoms with Gasteiger partial charge < -0.3 is 0 Å². The second kappa shape index (κ2) is 3.40. The minimum Gasteiger partial charge on any atom is -0.0841 e. The zero-order valence-electron chi connectivity index (χ0n) is 5.64. The average Bonchev–Trinajstić information content (AvgIpc) is 1.88. The van der Waals surface area contributed by atoms with Gasteiger partial charge in [0.25, 0.3) is 0 Å². The van der Waals surface area contributed by atoms with E-state index in [1.807, 2.05) is 24.3 Å². The minimum atomic E-state index is 0.334. The summed E-state index contributed by atoms with van der Waals surface area (Å²) in [6.45, 7) is 2.06. The first-order chi connectivity index (χ1) is 4.72. The maximum atomic E-state index is 5.89. The third-order valence-corrected chi connectivity index (χ3v) is 2.17. The van der Waals surface area contributed by atoms with Crippen LogP contribution in [0.1, 0.15) is 17.3 Å². The van der Waals surface area contributed by atoms with Crippen LogP contribution in [0, 0.1) is 0 Å². The lowest BCUT2D eigenvalue weighted by Gasteiger charge is -2.04. The van der Waals surface area contributed by atoms with Crippen molar-refractivity contribution < 1.29 is 0 Å². The van der Waals surface area contributed by atoms with E-state index >= 15 is 0 Å². The highest BCUT2D eigenvalue weighted by atomic mass is 79.9. The van der Waals surface area contributed by atoms with E-state index in [2.05, 4.69) is 22.9 Å². The number of hydrogen-bond acceptors (Lipinski definition) is 0. The topological polar surface area (TPSA) is 0 Å². The Bertz CT molecular complexity index is 220. The monoisotopic (exact) mass is 218 g/mol. The quantitative estimate of drug-likeness (QED) is 0.630. The van der Waals surface area contributed by atoms with E-state index in [0.717, 1.165) is 10.6 Å². The molecule has 0 fully saturated rings. The van der Waals surface area contributed by atoms with Crippen LogP contribution in [0.4, 0.5) is 0 Å². The average molecular weight is 220 g/mol. The second-order valence-corrected chi connectivity index (χ2v) is 3.92. The lowest BCUT2D eigenvalue weighted by molar-refractivity contribution is 1.12. The summed E-state index contributed by atoms with van der Waals surface area (Å²) in [6, 6.07) is 7.83. The van der Waals surface area contributed by atoms with Crippen molar-refractivity contribution in [1.82, 2.24) is 0 Å². The van der Waals surface area contributed by atoms with Crippen LogP contribution >= 0.6 is 27.5 Å². The van der Waals surface area contributed by atoms with Gasteiger partial charge in [-0.1, -0.05) is 45.7 Å². The molecule has 0 heterocycles. The molecule has 1 atom stereocenters. The van der Waals surface area contributed by atoms with Gasteiger partial charge in [0.15, 0.2) is 0 Å². The summed E-state index contributed by atoms with van der Waals surface area (Å²) in [5, 5.41) is 0.826. The molecule has 0 aliphatic rings. The van der Waals surface area contributed by atoms with Gasteiger partial charge in [0.2, 0.25) is 0 Å². The fraction of sp³-hybridized carbons (Fsp3) is 0.250. The summed E-state index contributed by atoms with van der Waals surface area (Å²) in [6.07, 6.45) is 0. The molecule has 0 aromatic heterocycles. The Kier molecular flexibility index (Phi) is 2.75. The van der Waals surface area contributed by atoms with Gasteiger partial charge in [0.1, 0.15) is 0 Å². The Morgan fingerprint density at radius 1 is 1.40 bits per heavy atom. The van der Waals surface area contributed by atoms with Gasteiger partial charge in [-0.3, -0.25) is 0 Å². The Morgan fingerprint density at radius 3 is 2.40 bits per heavy atom. The predicted octanol–water partition coefficient (Wildman–Crippen LogP) is 3.80. The second-order valence-electron chi connectivity index (χ2n) is 2.14. The molecule has 0 aliphatic carbocycles. The number of alkyl halides is 1. The molecule has 0 spiro atoms. The van der Waals surface area contributed by atoms with E-state index in [1.54, 1.807) is 0 Å². The molecule has 2 heteroatoms. The fourth-order valence-electron chi connectivity index (χ4n) is 0.798. The molecule has 54 valence electrons. The lowest BCUT2D eigenvalue weighted by Crippen LogP contribution is -1.82. The van der Waals surface area contributed by atoms with Crippen LogP contribution in [-0.4, -0.2) is 0 Å². The van der Waals surface area contributed by atoms with E-state index < -0.39 is 0 Å². The highest BCUT2D eigenvalue weighted by molar-refractivity contribution is 9.09. The zero-order valence-corrected chi connectivity index (χ0v) is 7.98. The highest BCUT2D eigenvalue weighted by Crippen LogP contribution is 2.27. The van der Waals surface area contributed by atoms with E-state index in [0.29, 0.717) is 4.83 Å². The van der Waals surface area contributed by atoms with E-state index in [-0.39, 0.29) is 0 Å². The van der Waals surface area contributed by atoms with Crippen molar-refractivity contribution in [3.8, 4) is 0 Å². The molecule has 0 saturated carbocycles. The van der Waals surface area contributed by atoms with Crippen molar-refractivity contribution >= 4 is 27.5 Å². The molecular weight excluding hydrogens is 211 g/mol. The van der Waals surface area contributed by atoms with Crippen molar-refractivity contribution in [2.45, 2.75) is 11.8 Å². The number of hydrogen-bond donors (Lipinski definition) is 0. The maximum Gasteiger partial charge on any atom is 0.0449 e. The third kappa shape index (κ3) is 1.74. The van der Waals surface area contributed by atoms with Crippen LogP contribution < -0.4 is 0 Å². The molecule has 1 unspecified atom stereocenters. The number of rotatable bonds is 1. The van der Waals surface area contributed by atoms with Gasteiger partial charge >= 0.3 is 0 Å². The van der Waals surface area contributed by atoms with Crippen LogP contribution in [0.3, 0.4) is 0 Å². The SMILES string of the molecule is CC(Br)c1ccccc1Cl. The third-order valence-electron chi connectivity index (χ3n) is 1.33. The summed E-state index contributed by atoms with van der Waals surface area (Å²) < 4.78 is 0. The molecule has 0 N–H and O–H groups in total. The van der Waals surface area contributed by atoms with E-state index in [4.69, 9.17) is 11.6 Å². The van der Waals surface area contributed by atoms with Gasteiger partial charge in [0.05, 0.1) is 0 Å². The fourth-order valence-corrected chi connectivity index (χ4v) is 1.63. The van der Waals surface area contributed by atoms with Gasteiger partial charge in [-0.25, -0.2) is 0 Å². The first-order valence-corrected chi connectivity index (χ1v) is 4.39. The van der Waals surface area contributed by atoms with Gasteiger partial charge in [-0.05, 0) is 18.6 Å². The molecule has 0 amide bonds. The molecule has 0 aliphatic heterocycles. The summed E-state index contributed by atoms with van der Waals surface area (Å²) in [4.78, 5) is 0.334. The summed E-state index contributed by atoms with van der Waals surface area (Å²) in [5.74, 6) is 0. The Hall–Kier alpha value is -0.0100. The molecule has 10 heavy (non-hydrogen) atoms. The number of halogens is 2. The van der Waals surface area contributed by atoms with Crippen LogP contribution in [0.15, 0.2) is 24.3 Å². The molecule has 0 nitrogen and oxygen atoms in total. The summed E-state index contributed by atoms with van der Waals surface area (Å²) in [5.41, 5.74) is 1.14. The van der Waals surface area contributed by atoms with Gasteiger partial charge in [0, 0.05) is 9.85 Å². The first kappa shape index (κ1) is 8.09. The summed E-state index contributed by atoms with van der Waals surface area (Å²) >= 11 is 9.34.